The summed E-state index contributed by atoms with van der Waals surface area (Å²) in [7, 11) is 0. The Bertz CT molecular complexity index is 2110. The molecule has 1 aromatic carbocycles. The molecule has 0 saturated carbocycles. The normalized spacial score (nSPS) is 15.6. The average molecular weight is 628 g/mol. The molecule has 6 heterocycles. The first-order valence-corrected chi connectivity index (χ1v) is 15.1. The molecule has 238 valence electrons. The molecule has 3 N–H and O–H groups in total. The molecule has 0 aliphatic carbocycles. The predicted octanol–water partition coefficient (Wildman–Crippen LogP) is 2.92. The van der Waals surface area contributed by atoms with Gasteiger partial charge in [-0.2, -0.15) is 20.0 Å². The quantitative estimate of drug-likeness (QED) is 0.256. The number of rotatable bonds is 6. The van der Waals surface area contributed by atoms with Crippen LogP contribution in [0.5, 0.6) is 0 Å². The molecule has 1 fully saturated rings. The van der Waals surface area contributed by atoms with E-state index in [1.54, 1.807) is 19.1 Å². The van der Waals surface area contributed by atoms with Crippen molar-refractivity contribution < 1.29 is 14.2 Å². The third kappa shape index (κ3) is 5.07. The highest BCUT2D eigenvalue weighted by atomic mass is 19.1. The fourth-order valence-corrected chi connectivity index (χ4v) is 6.03. The largest absolute Gasteiger partial charge is 0.392 e. The Morgan fingerprint density at radius 1 is 1.17 bits per heavy atom. The number of aromatic nitrogens is 7. The van der Waals surface area contributed by atoms with Crippen molar-refractivity contribution in [3.8, 4) is 17.1 Å². The van der Waals surface area contributed by atoms with Gasteiger partial charge < -0.3 is 15.2 Å². The van der Waals surface area contributed by atoms with Gasteiger partial charge in [0.05, 0.1) is 55.4 Å². The van der Waals surface area contributed by atoms with Gasteiger partial charge >= 0.3 is 0 Å². The van der Waals surface area contributed by atoms with Crippen LogP contribution in [0.25, 0.3) is 27.8 Å². The van der Waals surface area contributed by atoms with Gasteiger partial charge in [-0.25, -0.2) is 14.5 Å². The van der Waals surface area contributed by atoms with Crippen molar-refractivity contribution in [1.82, 2.24) is 39.6 Å². The van der Waals surface area contributed by atoms with E-state index in [1.165, 1.54) is 18.5 Å². The van der Waals surface area contributed by atoms with E-state index in [4.69, 9.17) is 4.74 Å². The van der Waals surface area contributed by atoms with Crippen LogP contribution in [-0.4, -0.2) is 70.5 Å². The maximum Gasteiger partial charge on any atom is 0.288 e. The summed E-state index contributed by atoms with van der Waals surface area (Å²) in [4.78, 5) is 33.3. The number of H-pyrrole nitrogens is 1. The lowest BCUT2D eigenvalue weighted by Crippen LogP contribution is -2.51. The van der Waals surface area contributed by atoms with E-state index in [0.29, 0.717) is 34.1 Å². The molecule has 0 spiro atoms. The molecule has 2 aliphatic rings. The van der Waals surface area contributed by atoms with Gasteiger partial charge in [-0.1, -0.05) is 20.8 Å². The monoisotopic (exact) mass is 627 g/mol. The first-order chi connectivity index (χ1) is 22.0. The summed E-state index contributed by atoms with van der Waals surface area (Å²) in [5, 5.41) is 29.7. The van der Waals surface area contributed by atoms with Crippen LogP contribution in [0.4, 0.5) is 15.9 Å². The Morgan fingerprint density at radius 2 is 1.98 bits per heavy atom. The zero-order valence-corrected chi connectivity index (χ0v) is 26.0. The number of nitrogens with one attached hydrogen (secondary N) is 2. The topological polar surface area (TPSA) is 156 Å². The summed E-state index contributed by atoms with van der Waals surface area (Å²) in [6, 6.07) is 7.09. The third-order valence-electron chi connectivity index (χ3n) is 8.80. The summed E-state index contributed by atoms with van der Waals surface area (Å²) < 4.78 is 23.6. The number of pyridine rings is 1. The van der Waals surface area contributed by atoms with Crippen LogP contribution in [0.1, 0.15) is 43.2 Å². The zero-order valence-electron chi connectivity index (χ0n) is 26.0. The highest BCUT2D eigenvalue weighted by molar-refractivity contribution is 5.83. The first-order valence-electron chi connectivity index (χ1n) is 15.1. The number of nitrogens with zero attached hydrogens (tertiary/aromatic N) is 7. The van der Waals surface area contributed by atoms with Gasteiger partial charge in [0.2, 0.25) is 0 Å². The highest BCUT2D eigenvalue weighted by Crippen LogP contribution is 2.32. The number of fused-ring (bicyclic) bond motifs is 2. The molecule has 0 unspecified atom stereocenters. The Hall–Kier alpha value is -4.79. The second kappa shape index (κ2) is 11.2. The lowest BCUT2D eigenvalue weighted by molar-refractivity contribution is -0.0735. The molecular formula is C32H34FN9O4. The van der Waals surface area contributed by atoms with E-state index in [-0.39, 0.29) is 27.9 Å². The zero-order chi connectivity index (χ0) is 32.3. The number of benzene rings is 1. The van der Waals surface area contributed by atoms with Crippen LogP contribution in [0.3, 0.4) is 0 Å². The summed E-state index contributed by atoms with van der Waals surface area (Å²) in [6.45, 7) is 10.9. The highest BCUT2D eigenvalue weighted by Gasteiger charge is 2.30. The van der Waals surface area contributed by atoms with E-state index in [0.717, 1.165) is 48.8 Å². The van der Waals surface area contributed by atoms with Crippen molar-refractivity contribution in [3.05, 3.63) is 85.6 Å². The number of ether oxygens (including phenoxy) is 1. The molecule has 13 nitrogen and oxygen atoms in total. The molecule has 0 radical (unpaired) electrons. The molecule has 2 aliphatic heterocycles. The van der Waals surface area contributed by atoms with Crippen LogP contribution in [0.2, 0.25) is 0 Å². The molecule has 14 heteroatoms. The van der Waals surface area contributed by atoms with Crippen molar-refractivity contribution in [1.29, 1.82) is 0 Å². The predicted molar refractivity (Wildman–Crippen MR) is 169 cm³/mol. The summed E-state index contributed by atoms with van der Waals surface area (Å²) >= 11 is 0. The van der Waals surface area contributed by atoms with Gasteiger partial charge in [0.1, 0.15) is 11.5 Å². The molecule has 0 atom stereocenters. The second-order valence-electron chi connectivity index (χ2n) is 12.8. The van der Waals surface area contributed by atoms with Crippen LogP contribution >= 0.6 is 0 Å². The van der Waals surface area contributed by atoms with Crippen molar-refractivity contribution in [3.63, 3.8) is 0 Å². The van der Waals surface area contributed by atoms with Crippen molar-refractivity contribution >= 4 is 22.3 Å². The van der Waals surface area contributed by atoms with Gasteiger partial charge in [0.25, 0.3) is 11.1 Å². The smallest absolute Gasteiger partial charge is 0.288 e. The number of aliphatic hydroxyl groups is 1. The maximum absolute atomic E-state index is 15.3. The third-order valence-corrected chi connectivity index (χ3v) is 8.80. The van der Waals surface area contributed by atoms with Gasteiger partial charge in [-0.3, -0.25) is 19.2 Å². The minimum absolute atomic E-state index is 0.0244. The number of anilines is 2. The molecule has 7 rings (SSSR count). The van der Waals surface area contributed by atoms with Crippen LogP contribution < -0.4 is 16.4 Å². The molecule has 1 saturated heterocycles. The number of halogens is 1. The Kier molecular flexibility index (Phi) is 7.30. The van der Waals surface area contributed by atoms with Crippen LogP contribution in [0, 0.1) is 12.7 Å². The maximum atomic E-state index is 15.3. The first kappa shape index (κ1) is 29.9. The molecule has 4 aromatic heterocycles. The van der Waals surface area contributed by atoms with E-state index in [9.17, 15) is 14.7 Å². The van der Waals surface area contributed by atoms with Crippen molar-refractivity contribution in [2.24, 2.45) is 0 Å². The summed E-state index contributed by atoms with van der Waals surface area (Å²) in [5.74, 6) is -0.116. The van der Waals surface area contributed by atoms with Crippen LogP contribution in [0.15, 0.2) is 46.2 Å². The number of hydrogen-bond donors (Lipinski definition) is 3. The van der Waals surface area contributed by atoms with Gasteiger partial charge in [0.15, 0.2) is 11.6 Å². The Labute approximate surface area is 262 Å². The van der Waals surface area contributed by atoms with Gasteiger partial charge in [0, 0.05) is 47.4 Å². The fraction of sp³-hybridized carbons (Fsp3) is 0.375. The SMILES string of the molecule is Cc1c(-c2ccnc(-n3ncc4cc(C(C)(C)C)cc(F)c4c3=O)c2CO)n[nH]c(=O)c1Nc1cc2n(n1)CCN(C1COC1)C2. The fourth-order valence-electron chi connectivity index (χ4n) is 6.03. The second-order valence-corrected chi connectivity index (χ2v) is 12.8. The summed E-state index contributed by atoms with van der Waals surface area (Å²) in [6.07, 6.45) is 2.86. The molecule has 0 bridgehead atoms. The Morgan fingerprint density at radius 3 is 2.70 bits per heavy atom. The average Bonchev–Trinajstić information content (AvgIpc) is 3.39. The number of aromatic amines is 1. The lowest BCUT2D eigenvalue weighted by Gasteiger charge is -2.39. The molecular weight excluding hydrogens is 593 g/mol. The lowest BCUT2D eigenvalue weighted by atomic mass is 9.86. The van der Waals surface area contributed by atoms with E-state index < -0.39 is 23.5 Å². The van der Waals surface area contributed by atoms with Crippen LogP contribution in [-0.2, 0) is 29.8 Å². The summed E-state index contributed by atoms with van der Waals surface area (Å²) in [5.41, 5.74) is 2.02. The molecule has 46 heavy (non-hydrogen) atoms. The minimum Gasteiger partial charge on any atom is -0.392 e. The van der Waals surface area contributed by atoms with E-state index in [1.807, 2.05) is 31.5 Å². The van der Waals surface area contributed by atoms with Gasteiger partial charge in [-0.15, -0.1) is 0 Å². The Balaban J connectivity index is 1.26. The van der Waals surface area contributed by atoms with E-state index >= 15 is 4.39 Å². The number of hydrogen-bond acceptors (Lipinski definition) is 10. The number of aliphatic hydroxyl groups excluding tert-OH is 1. The van der Waals surface area contributed by atoms with Crippen molar-refractivity contribution in [2.75, 3.05) is 25.1 Å². The minimum atomic E-state index is -0.713. The van der Waals surface area contributed by atoms with Crippen molar-refractivity contribution in [2.45, 2.75) is 58.8 Å². The standard InChI is InChI=1S/C32H34FN9O4/c1-17-27(37-38-30(44)28(17)36-25-11-20-13-40(21-15-46-16-21)7-8-41(20)39-25)22-5-6-34-29(23(22)14-43)42-31(45)26-18(12-35-42)9-19(10-24(26)33)32(2,3)4/h5-6,9-12,21,43H,7-8,13-16H2,1-4H3,(H,38,44)(H,36,37,39). The van der Waals surface area contributed by atoms with E-state index in [2.05, 4.69) is 35.6 Å². The van der Waals surface area contributed by atoms with Gasteiger partial charge in [-0.05, 0) is 36.1 Å². The molecule has 5 aromatic rings. The molecule has 0 amide bonds.